The number of urea groups is 1. The van der Waals surface area contributed by atoms with Crippen molar-refractivity contribution < 1.29 is 23.2 Å². The lowest BCUT2D eigenvalue weighted by Gasteiger charge is -2.16. The van der Waals surface area contributed by atoms with Crippen LogP contribution in [0.3, 0.4) is 0 Å². The van der Waals surface area contributed by atoms with Gasteiger partial charge in [-0.05, 0) is 37.6 Å². The molecule has 5 rings (SSSR count). The molecule has 2 aliphatic rings. The van der Waals surface area contributed by atoms with Crippen LogP contribution in [0.4, 0.5) is 10.5 Å². The van der Waals surface area contributed by atoms with Crippen LogP contribution in [-0.4, -0.2) is 44.3 Å². The molecule has 4 heterocycles. The van der Waals surface area contributed by atoms with Crippen LogP contribution in [0.5, 0.6) is 17.5 Å². The summed E-state index contributed by atoms with van der Waals surface area (Å²) in [4.78, 5) is 17.2. The number of methoxy groups -OCH3 is 1. The zero-order chi connectivity index (χ0) is 24.1. The Morgan fingerprint density at radius 2 is 2.18 bits per heavy atom. The number of hydrogen-bond acceptors (Lipinski definition) is 7. The van der Waals surface area contributed by atoms with E-state index in [-0.39, 0.29) is 10.8 Å². The molecule has 0 aliphatic carbocycles. The van der Waals surface area contributed by atoms with E-state index >= 15 is 0 Å². The van der Waals surface area contributed by atoms with Crippen molar-refractivity contribution in [2.24, 2.45) is 9.50 Å². The maximum absolute atomic E-state index is 13.3. The van der Waals surface area contributed by atoms with Gasteiger partial charge >= 0.3 is 6.03 Å². The van der Waals surface area contributed by atoms with Crippen LogP contribution in [-0.2, 0) is 22.9 Å². The number of aromatic nitrogens is 3. The number of nitrogens with one attached hydrogen (secondary N) is 1. The van der Waals surface area contributed by atoms with Crippen LogP contribution in [0, 0.1) is 0 Å². The molecule has 34 heavy (non-hydrogen) atoms. The molecule has 1 aromatic carbocycles. The maximum atomic E-state index is 13.3. The third kappa shape index (κ3) is 3.94. The van der Waals surface area contributed by atoms with Gasteiger partial charge in [0, 0.05) is 29.8 Å². The van der Waals surface area contributed by atoms with E-state index in [1.54, 1.807) is 23.0 Å². The average molecular weight is 485 g/mol. The lowest BCUT2D eigenvalue weighted by Crippen LogP contribution is -2.27. The number of rotatable bonds is 4. The normalized spacial score (nSPS) is 17.1. The molecule has 0 spiro atoms. The van der Waals surface area contributed by atoms with Gasteiger partial charge in [-0.15, -0.1) is 4.36 Å². The highest BCUT2D eigenvalue weighted by Crippen LogP contribution is 2.40. The first-order valence-electron chi connectivity index (χ1n) is 10.6. The molecule has 2 aliphatic heterocycles. The van der Waals surface area contributed by atoms with Crippen molar-refractivity contribution in [2.75, 3.05) is 19.0 Å². The molecule has 1 atom stereocenters. The fraction of sp³-hybridized carbons (Fsp3) is 0.318. The molecule has 178 valence electrons. The van der Waals surface area contributed by atoms with Gasteiger partial charge in [0.25, 0.3) is 0 Å². The number of benzene rings is 1. The summed E-state index contributed by atoms with van der Waals surface area (Å²) in [6.07, 6.45) is 3.54. The standard InChI is InChI=1S/C22H24N6O5S/c1-22(2)12-28-20(33-22)17(11-25-28)34(23,30)27-21(29)26-19-14(4-5-16-15(19)7-9-32-16)13-6-8-24-18(10-13)31-3/h4-6,8,10-11H,7,9,12H2,1-3H3,(H3,23,26,27,29,30)/t34-/m0/s1. The minimum Gasteiger partial charge on any atom is -0.493 e. The Balaban J connectivity index is 1.52. The highest BCUT2D eigenvalue weighted by molar-refractivity contribution is 7.91. The lowest BCUT2D eigenvalue weighted by atomic mass is 9.99. The largest absolute Gasteiger partial charge is 0.493 e. The van der Waals surface area contributed by atoms with Gasteiger partial charge in [0.1, 0.15) is 16.2 Å². The molecule has 2 amide bonds. The van der Waals surface area contributed by atoms with Crippen molar-refractivity contribution in [1.82, 2.24) is 14.8 Å². The monoisotopic (exact) mass is 484 g/mol. The van der Waals surface area contributed by atoms with Crippen LogP contribution in [0.15, 0.2) is 45.9 Å². The molecule has 2 aromatic heterocycles. The zero-order valence-corrected chi connectivity index (χ0v) is 19.7. The maximum Gasteiger partial charge on any atom is 0.354 e. The van der Waals surface area contributed by atoms with Crippen LogP contribution in [0.25, 0.3) is 11.1 Å². The predicted molar refractivity (Wildman–Crippen MR) is 124 cm³/mol. The molecule has 3 aromatic rings. The smallest absolute Gasteiger partial charge is 0.354 e. The summed E-state index contributed by atoms with van der Waals surface area (Å²) in [5, 5.41) is 13.0. The van der Waals surface area contributed by atoms with Gasteiger partial charge in [-0.3, -0.25) is 0 Å². The van der Waals surface area contributed by atoms with Crippen molar-refractivity contribution >= 4 is 21.6 Å². The molecular weight excluding hydrogens is 460 g/mol. The third-order valence-corrected chi connectivity index (χ3v) is 6.91. The molecular formula is C22H24N6O5S. The molecule has 11 nitrogen and oxygen atoms in total. The Morgan fingerprint density at radius 3 is 2.97 bits per heavy atom. The molecule has 3 N–H and O–H groups in total. The van der Waals surface area contributed by atoms with Gasteiger partial charge in [-0.1, -0.05) is 0 Å². The molecule has 0 bridgehead atoms. The topological polar surface area (TPSA) is 143 Å². The number of ether oxygens (including phenoxy) is 3. The van der Waals surface area contributed by atoms with Gasteiger partial charge in [-0.2, -0.15) is 5.10 Å². The third-order valence-electron chi connectivity index (χ3n) is 5.56. The Bertz CT molecular complexity index is 1420. The van der Waals surface area contributed by atoms with Gasteiger partial charge in [-0.25, -0.2) is 23.8 Å². The van der Waals surface area contributed by atoms with Gasteiger partial charge < -0.3 is 19.5 Å². The van der Waals surface area contributed by atoms with E-state index < -0.39 is 21.5 Å². The SMILES string of the molecule is COc1cc(-c2ccc3c(c2NC(=O)N=[S@](N)(=O)c2cnn4c2OC(C)(C)C4)CCO3)ccn1. The number of carbonyl (C=O) groups is 1. The molecule has 0 fully saturated rings. The van der Waals surface area contributed by atoms with E-state index in [4.69, 9.17) is 19.3 Å². The van der Waals surface area contributed by atoms with Crippen LogP contribution in [0.1, 0.15) is 19.4 Å². The number of anilines is 1. The Labute approximate surface area is 196 Å². The number of nitrogens with two attached hydrogens (primary N) is 1. The van der Waals surface area contributed by atoms with Crippen molar-refractivity contribution in [1.29, 1.82) is 0 Å². The fourth-order valence-corrected chi connectivity index (χ4v) is 5.06. The van der Waals surface area contributed by atoms with Crippen LogP contribution >= 0.6 is 0 Å². The fourth-order valence-electron chi connectivity index (χ4n) is 4.08. The number of nitrogens with zero attached hydrogens (tertiary/aromatic N) is 4. The first-order chi connectivity index (χ1) is 16.2. The van der Waals surface area contributed by atoms with Gasteiger partial charge in [0.05, 0.1) is 32.1 Å². The van der Waals surface area contributed by atoms with Crippen LogP contribution < -0.4 is 24.7 Å². The van der Waals surface area contributed by atoms with Crippen molar-refractivity contribution in [3.05, 3.63) is 42.2 Å². The van der Waals surface area contributed by atoms with Crippen LogP contribution in [0.2, 0.25) is 0 Å². The van der Waals surface area contributed by atoms with E-state index in [1.165, 1.54) is 13.3 Å². The second-order valence-electron chi connectivity index (χ2n) is 8.57. The number of carbonyl (C=O) groups excluding carboxylic acids is 1. The summed E-state index contributed by atoms with van der Waals surface area (Å²) in [5.41, 5.74) is 2.28. The summed E-state index contributed by atoms with van der Waals surface area (Å²) in [5.74, 6) is 1.35. The second-order valence-corrected chi connectivity index (χ2v) is 10.3. The van der Waals surface area contributed by atoms with Crippen molar-refractivity contribution in [3.8, 4) is 28.6 Å². The van der Waals surface area contributed by atoms with Crippen molar-refractivity contribution in [2.45, 2.75) is 37.3 Å². The second kappa shape index (κ2) is 7.99. The van der Waals surface area contributed by atoms with E-state index in [0.717, 1.165) is 11.1 Å². The van der Waals surface area contributed by atoms with E-state index in [0.29, 0.717) is 42.5 Å². The molecule has 0 saturated heterocycles. The molecule has 0 saturated carbocycles. The minimum atomic E-state index is -3.62. The first kappa shape index (κ1) is 22.2. The summed E-state index contributed by atoms with van der Waals surface area (Å²) in [6, 6.07) is 6.38. The Kier molecular flexibility index (Phi) is 5.21. The molecule has 0 unspecified atom stereocenters. The average Bonchev–Trinajstić information content (AvgIpc) is 3.47. The van der Waals surface area contributed by atoms with E-state index in [2.05, 4.69) is 19.8 Å². The van der Waals surface area contributed by atoms with E-state index in [1.807, 2.05) is 26.0 Å². The summed E-state index contributed by atoms with van der Waals surface area (Å²) in [7, 11) is -2.09. The van der Waals surface area contributed by atoms with Gasteiger partial charge in [0.2, 0.25) is 11.8 Å². The molecule has 0 radical (unpaired) electrons. The zero-order valence-electron chi connectivity index (χ0n) is 18.9. The Hall–Kier alpha value is -3.64. The summed E-state index contributed by atoms with van der Waals surface area (Å²) >= 11 is 0. The molecule has 12 heteroatoms. The van der Waals surface area contributed by atoms with Gasteiger partial charge in [0.15, 0.2) is 9.92 Å². The van der Waals surface area contributed by atoms with E-state index in [9.17, 15) is 9.00 Å². The minimum absolute atomic E-state index is 0.0777. The highest BCUT2D eigenvalue weighted by Gasteiger charge is 2.35. The highest BCUT2D eigenvalue weighted by atomic mass is 32.2. The van der Waals surface area contributed by atoms with Crippen molar-refractivity contribution in [3.63, 3.8) is 0 Å². The Morgan fingerprint density at radius 1 is 1.35 bits per heavy atom. The number of pyridine rings is 1. The summed E-state index contributed by atoms with van der Waals surface area (Å²) in [6.45, 7) is 4.71. The number of amides is 2. The predicted octanol–water partition coefficient (Wildman–Crippen LogP) is 2.99. The summed E-state index contributed by atoms with van der Waals surface area (Å²) < 4.78 is 35.3. The quantitative estimate of drug-likeness (QED) is 0.579. The number of fused-ring (bicyclic) bond motifs is 2. The number of hydrogen-bond donors (Lipinski definition) is 2. The lowest BCUT2D eigenvalue weighted by molar-refractivity contribution is 0.132. The first-order valence-corrected chi connectivity index (χ1v) is 12.1.